The molecule has 0 amide bonds. The Labute approximate surface area is 107 Å². The number of aromatic nitrogens is 3. The van der Waals surface area contributed by atoms with Crippen LogP contribution in [0.3, 0.4) is 0 Å². The first-order valence-electron chi connectivity index (χ1n) is 5.38. The van der Waals surface area contributed by atoms with Crippen molar-refractivity contribution in [1.82, 2.24) is 14.5 Å². The van der Waals surface area contributed by atoms with Gasteiger partial charge in [-0.1, -0.05) is 6.07 Å². The second kappa shape index (κ2) is 4.23. The molecule has 3 aromatic rings. The Bertz CT molecular complexity index is 762. The van der Waals surface area contributed by atoms with Gasteiger partial charge in [-0.15, -0.1) is 11.3 Å². The lowest BCUT2D eigenvalue weighted by atomic mass is 10.3. The lowest BCUT2D eigenvalue weighted by Crippen LogP contribution is -2.21. The van der Waals surface area contributed by atoms with Gasteiger partial charge in [0.15, 0.2) is 0 Å². The van der Waals surface area contributed by atoms with E-state index in [0.29, 0.717) is 17.7 Å². The second-order valence-corrected chi connectivity index (χ2v) is 4.77. The quantitative estimate of drug-likeness (QED) is 0.755. The van der Waals surface area contributed by atoms with Gasteiger partial charge in [-0.05, 0) is 23.6 Å². The van der Waals surface area contributed by atoms with Crippen molar-refractivity contribution < 1.29 is 0 Å². The number of nitrogen functional groups attached to an aromatic ring is 1. The molecule has 0 unspecified atom stereocenters. The monoisotopic (exact) mass is 258 g/mol. The summed E-state index contributed by atoms with van der Waals surface area (Å²) < 4.78 is 1.54. The third kappa shape index (κ3) is 1.86. The minimum Gasteiger partial charge on any atom is -0.384 e. The lowest BCUT2D eigenvalue weighted by Gasteiger charge is -2.05. The van der Waals surface area contributed by atoms with Gasteiger partial charge in [0.2, 0.25) is 0 Å². The summed E-state index contributed by atoms with van der Waals surface area (Å²) in [5, 5.41) is 2.51. The first-order valence-corrected chi connectivity index (χ1v) is 6.26. The Morgan fingerprint density at radius 3 is 3.06 bits per heavy atom. The number of hydrogen-bond acceptors (Lipinski definition) is 5. The highest BCUT2D eigenvalue weighted by molar-refractivity contribution is 7.16. The number of pyridine rings is 1. The average Bonchev–Trinajstić information content (AvgIpc) is 2.82. The minimum absolute atomic E-state index is 0.0505. The Hall–Kier alpha value is -2.21. The standard InChI is InChI=1S/C12H10N4OS/c13-10-3-1-2-8(15-10)6-16-7-14-11-9(12(16)17)4-5-18-11/h1-5,7H,6H2,(H2,13,15). The fourth-order valence-corrected chi connectivity index (χ4v) is 2.49. The Morgan fingerprint density at radius 2 is 2.22 bits per heavy atom. The largest absolute Gasteiger partial charge is 0.384 e. The fourth-order valence-electron chi connectivity index (χ4n) is 1.77. The van der Waals surface area contributed by atoms with Crippen LogP contribution in [0.2, 0.25) is 0 Å². The molecular formula is C12H10N4OS. The zero-order valence-electron chi connectivity index (χ0n) is 9.41. The normalized spacial score (nSPS) is 10.9. The van der Waals surface area contributed by atoms with Crippen LogP contribution in [0.15, 0.2) is 40.8 Å². The van der Waals surface area contributed by atoms with Crippen molar-refractivity contribution in [2.45, 2.75) is 6.54 Å². The molecule has 0 spiro atoms. The molecule has 18 heavy (non-hydrogen) atoms. The Kier molecular flexibility index (Phi) is 2.56. The first kappa shape index (κ1) is 10.9. The van der Waals surface area contributed by atoms with E-state index >= 15 is 0 Å². The van der Waals surface area contributed by atoms with Gasteiger partial charge in [0.05, 0.1) is 24.0 Å². The maximum absolute atomic E-state index is 12.1. The van der Waals surface area contributed by atoms with Crippen LogP contribution in [0.1, 0.15) is 5.69 Å². The summed E-state index contributed by atoms with van der Waals surface area (Å²) in [7, 11) is 0. The molecule has 0 aromatic carbocycles. The van der Waals surface area contributed by atoms with Crippen molar-refractivity contribution in [2.24, 2.45) is 0 Å². The van der Waals surface area contributed by atoms with Crippen molar-refractivity contribution in [3.63, 3.8) is 0 Å². The predicted molar refractivity (Wildman–Crippen MR) is 71.6 cm³/mol. The van der Waals surface area contributed by atoms with Crippen LogP contribution in [0.4, 0.5) is 5.82 Å². The van der Waals surface area contributed by atoms with Gasteiger partial charge < -0.3 is 5.73 Å². The molecule has 5 nitrogen and oxygen atoms in total. The van der Waals surface area contributed by atoms with E-state index in [2.05, 4.69) is 9.97 Å². The van der Waals surface area contributed by atoms with Crippen molar-refractivity contribution in [3.8, 4) is 0 Å². The SMILES string of the molecule is Nc1cccc(Cn2cnc3sccc3c2=O)n1. The van der Waals surface area contributed by atoms with Gasteiger partial charge >= 0.3 is 0 Å². The van der Waals surface area contributed by atoms with Gasteiger partial charge in [0, 0.05) is 0 Å². The minimum atomic E-state index is -0.0505. The van der Waals surface area contributed by atoms with E-state index < -0.39 is 0 Å². The summed E-state index contributed by atoms with van der Waals surface area (Å²) in [4.78, 5) is 21.3. The van der Waals surface area contributed by atoms with Crippen LogP contribution in [0, 0.1) is 0 Å². The van der Waals surface area contributed by atoms with E-state index in [1.54, 1.807) is 18.5 Å². The van der Waals surface area contributed by atoms with Crippen LogP contribution in [0.5, 0.6) is 0 Å². The highest BCUT2D eigenvalue weighted by Gasteiger charge is 2.06. The topological polar surface area (TPSA) is 73.8 Å². The molecule has 0 atom stereocenters. The number of thiophene rings is 1. The van der Waals surface area contributed by atoms with Crippen molar-refractivity contribution in [3.05, 3.63) is 52.0 Å². The second-order valence-electron chi connectivity index (χ2n) is 3.87. The van der Waals surface area contributed by atoms with Gasteiger partial charge in [0.1, 0.15) is 10.6 Å². The molecule has 6 heteroatoms. The summed E-state index contributed by atoms with van der Waals surface area (Å²) >= 11 is 1.46. The maximum atomic E-state index is 12.1. The average molecular weight is 258 g/mol. The molecule has 0 saturated carbocycles. The molecule has 3 rings (SSSR count). The summed E-state index contributed by atoms with van der Waals surface area (Å²) in [5.74, 6) is 0.449. The maximum Gasteiger partial charge on any atom is 0.262 e. The molecule has 3 aromatic heterocycles. The molecule has 0 bridgehead atoms. The van der Waals surface area contributed by atoms with Crippen molar-refractivity contribution >= 4 is 27.4 Å². The molecule has 0 radical (unpaired) electrons. The molecule has 0 saturated heterocycles. The van der Waals surface area contributed by atoms with Crippen LogP contribution >= 0.6 is 11.3 Å². The van der Waals surface area contributed by atoms with E-state index in [1.165, 1.54) is 15.9 Å². The predicted octanol–water partition coefficient (Wildman–Crippen LogP) is 1.48. The zero-order valence-corrected chi connectivity index (χ0v) is 10.2. The molecule has 0 aliphatic rings. The molecular weight excluding hydrogens is 248 g/mol. The van der Waals surface area contributed by atoms with Gasteiger partial charge in [-0.3, -0.25) is 9.36 Å². The zero-order chi connectivity index (χ0) is 12.5. The highest BCUT2D eigenvalue weighted by Crippen LogP contribution is 2.13. The van der Waals surface area contributed by atoms with Crippen LogP contribution in [0.25, 0.3) is 10.2 Å². The lowest BCUT2D eigenvalue weighted by molar-refractivity contribution is 0.732. The number of nitrogens with zero attached hydrogens (tertiary/aromatic N) is 3. The molecule has 90 valence electrons. The van der Waals surface area contributed by atoms with Gasteiger partial charge in [0.25, 0.3) is 5.56 Å². The molecule has 0 aliphatic carbocycles. The molecule has 0 aliphatic heterocycles. The Balaban J connectivity index is 2.05. The number of fused-ring (bicyclic) bond motifs is 1. The van der Waals surface area contributed by atoms with E-state index in [-0.39, 0.29) is 5.56 Å². The molecule has 3 heterocycles. The summed E-state index contributed by atoms with van der Waals surface area (Å²) in [6.07, 6.45) is 1.55. The van der Waals surface area contributed by atoms with E-state index in [9.17, 15) is 4.79 Å². The Morgan fingerprint density at radius 1 is 1.33 bits per heavy atom. The summed E-state index contributed by atoms with van der Waals surface area (Å²) in [6, 6.07) is 7.16. The fraction of sp³-hybridized carbons (Fsp3) is 0.0833. The number of rotatable bonds is 2. The van der Waals surface area contributed by atoms with Crippen LogP contribution in [-0.2, 0) is 6.54 Å². The third-order valence-corrected chi connectivity index (χ3v) is 3.43. The summed E-state index contributed by atoms with van der Waals surface area (Å²) in [5.41, 5.74) is 6.31. The smallest absolute Gasteiger partial charge is 0.262 e. The van der Waals surface area contributed by atoms with E-state index in [4.69, 9.17) is 5.73 Å². The number of anilines is 1. The van der Waals surface area contributed by atoms with Crippen molar-refractivity contribution in [1.29, 1.82) is 0 Å². The number of nitrogens with two attached hydrogens (primary N) is 1. The molecule has 2 N–H and O–H groups in total. The first-order chi connectivity index (χ1) is 8.74. The molecule has 0 fully saturated rings. The third-order valence-electron chi connectivity index (χ3n) is 2.61. The summed E-state index contributed by atoms with van der Waals surface area (Å²) in [6.45, 7) is 0.378. The van der Waals surface area contributed by atoms with E-state index in [1.807, 2.05) is 17.5 Å². The van der Waals surface area contributed by atoms with Gasteiger partial charge in [-0.2, -0.15) is 0 Å². The van der Waals surface area contributed by atoms with Gasteiger partial charge in [-0.25, -0.2) is 9.97 Å². The van der Waals surface area contributed by atoms with Crippen LogP contribution < -0.4 is 11.3 Å². The van der Waals surface area contributed by atoms with Crippen molar-refractivity contribution in [2.75, 3.05) is 5.73 Å². The number of hydrogen-bond donors (Lipinski definition) is 1. The highest BCUT2D eigenvalue weighted by atomic mass is 32.1. The van der Waals surface area contributed by atoms with Crippen LogP contribution in [-0.4, -0.2) is 14.5 Å². The van der Waals surface area contributed by atoms with E-state index in [0.717, 1.165) is 10.5 Å².